The molecule has 2 saturated heterocycles. The van der Waals surface area contributed by atoms with Gasteiger partial charge in [-0.2, -0.15) is 4.99 Å². The van der Waals surface area contributed by atoms with Crippen molar-refractivity contribution < 1.29 is 17.6 Å². The summed E-state index contributed by atoms with van der Waals surface area (Å²) in [6.07, 6.45) is 0.117. The quantitative estimate of drug-likeness (QED) is 0.735. The van der Waals surface area contributed by atoms with E-state index in [1.54, 1.807) is 41.3 Å². The Morgan fingerprint density at radius 3 is 2.50 bits per heavy atom. The molecule has 0 saturated carbocycles. The molecule has 0 bridgehead atoms. The molecule has 2 aromatic rings. The number of sulfone groups is 1. The van der Waals surface area contributed by atoms with Crippen LogP contribution in [0.3, 0.4) is 0 Å². The smallest absolute Gasteiger partial charge is 0.252 e. The van der Waals surface area contributed by atoms with Crippen LogP contribution in [0.25, 0.3) is 0 Å². The zero-order chi connectivity index (χ0) is 19.9. The lowest BCUT2D eigenvalue weighted by molar-refractivity contribution is -0.117. The third-order valence-corrected chi connectivity index (χ3v) is 8.12. The molecule has 2 atom stereocenters. The van der Waals surface area contributed by atoms with E-state index < -0.39 is 9.84 Å². The van der Waals surface area contributed by atoms with E-state index in [2.05, 4.69) is 4.99 Å². The summed E-state index contributed by atoms with van der Waals surface area (Å²) in [6, 6.07) is 12.4. The second-order valence-corrected chi connectivity index (χ2v) is 10.5. The van der Waals surface area contributed by atoms with Crippen LogP contribution < -0.4 is 4.90 Å². The van der Waals surface area contributed by atoms with Crippen molar-refractivity contribution >= 4 is 50.0 Å². The standard InChI is InChI=1S/C19H16ClFN2O3S2/c20-13-3-1-12(2-4-13)9-18(24)22-19-23(15-7-5-14(21)6-8-15)16-10-28(25,26)11-17(16)27-19/h1-8,16-17H,9-11H2/t16-,17+/m0/s1. The van der Waals surface area contributed by atoms with Gasteiger partial charge in [0.05, 0.1) is 24.0 Å². The maximum Gasteiger partial charge on any atom is 0.252 e. The first-order chi connectivity index (χ1) is 13.3. The number of rotatable bonds is 3. The van der Waals surface area contributed by atoms with Gasteiger partial charge in [-0.3, -0.25) is 4.79 Å². The molecule has 5 nitrogen and oxygen atoms in total. The highest BCUT2D eigenvalue weighted by molar-refractivity contribution is 8.16. The Bertz CT molecular complexity index is 1040. The fourth-order valence-electron chi connectivity index (χ4n) is 3.39. The molecule has 2 aliphatic heterocycles. The van der Waals surface area contributed by atoms with Crippen molar-refractivity contribution in [3.05, 3.63) is 64.9 Å². The number of amidine groups is 1. The van der Waals surface area contributed by atoms with Crippen molar-refractivity contribution in [3.63, 3.8) is 0 Å². The summed E-state index contributed by atoms with van der Waals surface area (Å²) in [5.41, 5.74) is 1.41. The molecule has 2 fully saturated rings. The third kappa shape index (κ3) is 4.09. The fraction of sp³-hybridized carbons (Fsp3) is 0.263. The van der Waals surface area contributed by atoms with Gasteiger partial charge in [-0.1, -0.05) is 35.5 Å². The van der Waals surface area contributed by atoms with Gasteiger partial charge < -0.3 is 4.90 Å². The first kappa shape index (κ1) is 19.4. The minimum atomic E-state index is -3.15. The minimum absolute atomic E-state index is 0.00750. The predicted molar refractivity (Wildman–Crippen MR) is 110 cm³/mol. The number of carbonyl (C=O) groups excluding carboxylic acids is 1. The number of hydrogen-bond donors (Lipinski definition) is 0. The van der Waals surface area contributed by atoms with E-state index >= 15 is 0 Å². The van der Waals surface area contributed by atoms with Gasteiger partial charge >= 0.3 is 0 Å². The molecule has 0 radical (unpaired) electrons. The Morgan fingerprint density at radius 2 is 1.82 bits per heavy atom. The van der Waals surface area contributed by atoms with Crippen molar-refractivity contribution in [3.8, 4) is 0 Å². The van der Waals surface area contributed by atoms with Crippen molar-refractivity contribution in [2.24, 2.45) is 4.99 Å². The number of hydrogen-bond acceptors (Lipinski definition) is 4. The molecule has 146 valence electrons. The zero-order valence-electron chi connectivity index (χ0n) is 14.6. The first-order valence-electron chi connectivity index (χ1n) is 8.58. The summed E-state index contributed by atoms with van der Waals surface area (Å²) in [4.78, 5) is 18.5. The molecule has 0 aromatic heterocycles. The van der Waals surface area contributed by atoms with E-state index in [0.717, 1.165) is 5.56 Å². The van der Waals surface area contributed by atoms with E-state index in [1.807, 2.05) is 0 Å². The number of nitrogens with zero attached hydrogens (tertiary/aromatic N) is 2. The summed E-state index contributed by atoms with van der Waals surface area (Å²) in [7, 11) is -3.15. The van der Waals surface area contributed by atoms with Gasteiger partial charge in [0.2, 0.25) is 0 Å². The SMILES string of the molecule is O=C(Cc1ccc(Cl)cc1)N=C1S[C@@H]2CS(=O)(=O)C[C@@H]2N1c1ccc(F)cc1. The first-order valence-corrected chi connectivity index (χ1v) is 11.7. The van der Waals surface area contributed by atoms with Crippen LogP contribution in [0.15, 0.2) is 53.5 Å². The number of fused-ring (bicyclic) bond motifs is 1. The van der Waals surface area contributed by atoms with Crippen LogP contribution in [0.2, 0.25) is 5.02 Å². The normalized spacial score (nSPS) is 24.5. The van der Waals surface area contributed by atoms with Crippen molar-refractivity contribution in [2.45, 2.75) is 17.7 Å². The molecule has 28 heavy (non-hydrogen) atoms. The largest absolute Gasteiger partial charge is 0.316 e. The van der Waals surface area contributed by atoms with E-state index in [-0.39, 0.29) is 40.9 Å². The Kier molecular flexibility index (Phi) is 5.20. The van der Waals surface area contributed by atoms with Crippen LogP contribution in [0.1, 0.15) is 5.56 Å². The highest BCUT2D eigenvalue weighted by Gasteiger charge is 2.49. The maximum absolute atomic E-state index is 13.3. The molecular weight excluding hydrogens is 423 g/mol. The Morgan fingerprint density at radius 1 is 1.14 bits per heavy atom. The van der Waals surface area contributed by atoms with Crippen LogP contribution in [-0.4, -0.2) is 42.3 Å². The Labute approximate surface area is 171 Å². The van der Waals surface area contributed by atoms with Crippen LogP contribution in [0.4, 0.5) is 10.1 Å². The molecule has 1 amide bonds. The van der Waals surface area contributed by atoms with Gasteiger partial charge in [0, 0.05) is 16.0 Å². The molecule has 2 heterocycles. The third-order valence-electron chi connectivity index (χ3n) is 4.66. The highest BCUT2D eigenvalue weighted by Crippen LogP contribution is 2.41. The number of halogens is 2. The Hall–Kier alpha value is -1.90. The summed E-state index contributed by atoms with van der Waals surface area (Å²) in [5, 5.41) is 0.845. The average Bonchev–Trinajstić information content (AvgIpc) is 3.09. The van der Waals surface area contributed by atoms with Gasteiger partial charge in [-0.15, -0.1) is 0 Å². The van der Waals surface area contributed by atoms with E-state index in [4.69, 9.17) is 11.6 Å². The molecule has 9 heteroatoms. The van der Waals surface area contributed by atoms with Gasteiger partial charge in [0.25, 0.3) is 5.91 Å². The number of carbonyl (C=O) groups is 1. The topological polar surface area (TPSA) is 66.8 Å². The van der Waals surface area contributed by atoms with Crippen LogP contribution in [0.5, 0.6) is 0 Å². The molecule has 4 rings (SSSR count). The lowest BCUT2D eigenvalue weighted by Gasteiger charge is -2.24. The van der Waals surface area contributed by atoms with Gasteiger partial charge in [-0.25, -0.2) is 12.8 Å². The van der Waals surface area contributed by atoms with Crippen LogP contribution in [0, 0.1) is 5.82 Å². The van der Waals surface area contributed by atoms with E-state index in [0.29, 0.717) is 15.9 Å². The number of anilines is 1. The van der Waals surface area contributed by atoms with Gasteiger partial charge in [0.15, 0.2) is 15.0 Å². The molecule has 0 unspecified atom stereocenters. The number of thioether (sulfide) groups is 1. The summed E-state index contributed by atoms with van der Waals surface area (Å²) >= 11 is 7.16. The number of benzene rings is 2. The van der Waals surface area contributed by atoms with E-state index in [1.165, 1.54) is 23.9 Å². The molecule has 2 aromatic carbocycles. The monoisotopic (exact) mass is 438 g/mol. The van der Waals surface area contributed by atoms with E-state index in [9.17, 15) is 17.6 Å². The maximum atomic E-state index is 13.3. The summed E-state index contributed by atoms with van der Waals surface area (Å²) in [6.45, 7) is 0. The molecule has 0 spiro atoms. The number of aliphatic imine (C=N–C) groups is 1. The van der Waals surface area contributed by atoms with Gasteiger partial charge in [0.1, 0.15) is 5.82 Å². The van der Waals surface area contributed by atoms with Crippen LogP contribution >= 0.6 is 23.4 Å². The fourth-order valence-corrected chi connectivity index (χ4v) is 7.45. The highest BCUT2D eigenvalue weighted by atomic mass is 35.5. The van der Waals surface area contributed by atoms with Gasteiger partial charge in [-0.05, 0) is 42.0 Å². The average molecular weight is 439 g/mol. The van der Waals surface area contributed by atoms with Crippen molar-refractivity contribution in [2.75, 3.05) is 16.4 Å². The predicted octanol–water partition coefficient (Wildman–Crippen LogP) is 3.32. The minimum Gasteiger partial charge on any atom is -0.316 e. The zero-order valence-corrected chi connectivity index (χ0v) is 17.0. The van der Waals surface area contributed by atoms with Crippen LogP contribution in [-0.2, 0) is 21.1 Å². The second kappa shape index (κ2) is 7.50. The molecular formula is C19H16ClFN2O3S2. The lowest BCUT2D eigenvalue weighted by atomic mass is 10.1. The molecule has 2 aliphatic rings. The number of amides is 1. The molecule has 0 N–H and O–H groups in total. The van der Waals surface area contributed by atoms with Crippen molar-refractivity contribution in [1.82, 2.24) is 0 Å². The molecule has 0 aliphatic carbocycles. The summed E-state index contributed by atoms with van der Waals surface area (Å²) < 4.78 is 37.4. The lowest BCUT2D eigenvalue weighted by Crippen LogP contribution is -2.37. The Balaban J connectivity index is 1.62. The van der Waals surface area contributed by atoms with Crippen molar-refractivity contribution in [1.29, 1.82) is 0 Å². The second-order valence-electron chi connectivity index (χ2n) is 6.74. The summed E-state index contributed by atoms with van der Waals surface area (Å²) in [5.74, 6) is -0.681.